The van der Waals surface area contributed by atoms with Gasteiger partial charge in [-0.15, -0.1) is 0 Å². The van der Waals surface area contributed by atoms with Gasteiger partial charge in [-0.3, -0.25) is 13.9 Å². The van der Waals surface area contributed by atoms with E-state index in [-0.39, 0.29) is 35.2 Å². The molecule has 6 rings (SSSR count). The number of nitrogens with one attached hydrogen (secondary N) is 1. The van der Waals surface area contributed by atoms with Crippen molar-refractivity contribution in [2.75, 3.05) is 18.9 Å². The summed E-state index contributed by atoms with van der Waals surface area (Å²) >= 11 is 1.16. The number of aliphatic hydroxyl groups excluding tert-OH is 1. The molecule has 192 valence electrons. The van der Waals surface area contributed by atoms with E-state index in [2.05, 4.69) is 25.0 Å². The number of hydrogen-bond donors (Lipinski definition) is 2. The van der Waals surface area contributed by atoms with Crippen molar-refractivity contribution >= 4 is 36.5 Å². The maximum absolute atomic E-state index is 13.4. The van der Waals surface area contributed by atoms with E-state index >= 15 is 0 Å². The lowest BCUT2D eigenvalue weighted by Crippen LogP contribution is -2.41. The summed E-state index contributed by atoms with van der Waals surface area (Å²) in [5, 5.41) is 14.8. The molecule has 15 nitrogen and oxygen atoms in total. The van der Waals surface area contributed by atoms with E-state index in [0.29, 0.717) is 11.4 Å². The topological polar surface area (TPSA) is 205 Å². The van der Waals surface area contributed by atoms with Crippen LogP contribution in [0.1, 0.15) is 6.23 Å². The van der Waals surface area contributed by atoms with Crippen LogP contribution in [0.15, 0.2) is 51.6 Å². The highest BCUT2D eigenvalue weighted by Crippen LogP contribution is 2.50. The van der Waals surface area contributed by atoms with E-state index in [1.165, 1.54) is 8.97 Å². The SMILES string of the molecule is [N-]=[N+]=NCCSc1nc2c(=O)n3cc(-c4ccccc4)[nH]c3nc2n1[C@@H]1OC2COP(=O)([O-])O[C@H]2C1O. The molecule has 3 unspecified atom stereocenters. The normalized spacial score (nSPS) is 27.4. The Morgan fingerprint density at radius 1 is 1.35 bits per heavy atom. The van der Waals surface area contributed by atoms with Gasteiger partial charge in [-0.1, -0.05) is 47.2 Å². The molecule has 0 radical (unpaired) electrons. The van der Waals surface area contributed by atoms with Crippen LogP contribution in [0.2, 0.25) is 0 Å². The quantitative estimate of drug-likeness (QED) is 0.0893. The summed E-state index contributed by atoms with van der Waals surface area (Å²) in [5.41, 5.74) is 9.75. The van der Waals surface area contributed by atoms with Crippen molar-refractivity contribution in [2.24, 2.45) is 5.11 Å². The highest BCUT2D eigenvalue weighted by Gasteiger charge is 2.51. The fraction of sp³-hybridized carbons (Fsp3) is 0.350. The van der Waals surface area contributed by atoms with E-state index in [1.54, 1.807) is 6.20 Å². The summed E-state index contributed by atoms with van der Waals surface area (Å²) in [6, 6.07) is 9.38. The van der Waals surface area contributed by atoms with E-state index in [0.717, 1.165) is 17.3 Å². The van der Waals surface area contributed by atoms with Crippen molar-refractivity contribution in [1.82, 2.24) is 23.9 Å². The van der Waals surface area contributed by atoms with Gasteiger partial charge in [-0.05, 0) is 11.1 Å². The monoisotopic (exact) mass is 545 g/mol. The molecule has 37 heavy (non-hydrogen) atoms. The number of thioether (sulfide) groups is 1. The molecule has 0 spiro atoms. The molecule has 0 aliphatic carbocycles. The summed E-state index contributed by atoms with van der Waals surface area (Å²) in [7, 11) is -4.59. The molecular formula is C20H18N8O7PS-. The van der Waals surface area contributed by atoms with Crippen molar-refractivity contribution in [3.8, 4) is 11.3 Å². The van der Waals surface area contributed by atoms with Gasteiger partial charge in [-0.2, -0.15) is 4.98 Å². The summed E-state index contributed by atoms with van der Waals surface area (Å²) in [5.74, 6) is 0.548. The molecule has 5 heterocycles. The van der Waals surface area contributed by atoms with Crippen LogP contribution < -0.4 is 10.5 Å². The molecule has 0 bridgehead atoms. The molecule has 2 fully saturated rings. The first-order valence-electron chi connectivity index (χ1n) is 11.1. The third kappa shape index (κ3) is 4.23. The van der Waals surface area contributed by atoms with E-state index in [4.69, 9.17) is 19.3 Å². The van der Waals surface area contributed by atoms with Gasteiger partial charge >= 0.3 is 0 Å². The maximum Gasteiger partial charge on any atom is 0.287 e. The van der Waals surface area contributed by atoms with Crippen LogP contribution in [0.3, 0.4) is 0 Å². The Balaban J connectivity index is 1.48. The van der Waals surface area contributed by atoms with E-state index in [9.17, 15) is 19.4 Å². The van der Waals surface area contributed by atoms with E-state index in [1.807, 2.05) is 30.3 Å². The first-order valence-corrected chi connectivity index (χ1v) is 13.5. The number of hydrogen-bond acceptors (Lipinski definition) is 11. The van der Waals surface area contributed by atoms with Gasteiger partial charge in [0.25, 0.3) is 13.4 Å². The number of benzene rings is 1. The predicted molar refractivity (Wildman–Crippen MR) is 128 cm³/mol. The molecule has 2 aliphatic rings. The minimum atomic E-state index is -4.59. The van der Waals surface area contributed by atoms with Gasteiger partial charge in [0.2, 0.25) is 5.78 Å². The predicted octanol–water partition coefficient (Wildman–Crippen LogP) is 1.58. The zero-order valence-corrected chi connectivity index (χ0v) is 20.5. The van der Waals surface area contributed by atoms with Gasteiger partial charge < -0.3 is 28.8 Å². The van der Waals surface area contributed by atoms with Crippen molar-refractivity contribution < 1.29 is 28.3 Å². The van der Waals surface area contributed by atoms with Gasteiger partial charge in [0.1, 0.15) is 18.3 Å². The molecule has 5 atom stereocenters. The number of aromatic nitrogens is 5. The summed E-state index contributed by atoms with van der Waals surface area (Å²) in [6.07, 6.45) is -3.08. The van der Waals surface area contributed by atoms with Crippen molar-refractivity contribution in [3.05, 3.63) is 57.3 Å². The number of phosphoric acid groups is 1. The first kappa shape index (κ1) is 24.2. The van der Waals surface area contributed by atoms with Crippen molar-refractivity contribution in [3.63, 3.8) is 0 Å². The highest BCUT2D eigenvalue weighted by molar-refractivity contribution is 7.99. The largest absolute Gasteiger partial charge is 0.756 e. The van der Waals surface area contributed by atoms with Gasteiger partial charge in [0, 0.05) is 23.4 Å². The Kier molecular flexibility index (Phi) is 6.06. The number of aliphatic hydroxyl groups is 1. The summed E-state index contributed by atoms with van der Waals surface area (Å²) in [4.78, 5) is 40.2. The van der Waals surface area contributed by atoms with Crippen LogP contribution in [-0.2, 0) is 18.3 Å². The minimum absolute atomic E-state index is 0.0136. The summed E-state index contributed by atoms with van der Waals surface area (Å²) in [6.45, 7) is -0.184. The lowest BCUT2D eigenvalue weighted by molar-refractivity contribution is -0.245. The molecule has 0 saturated carbocycles. The second kappa shape index (κ2) is 9.28. The second-order valence-electron chi connectivity index (χ2n) is 8.25. The molecule has 0 amide bonds. The number of imidazole rings is 2. The Hall–Kier alpha value is -3.20. The number of nitrogens with zero attached hydrogens (tertiary/aromatic N) is 7. The van der Waals surface area contributed by atoms with Crippen molar-refractivity contribution in [2.45, 2.75) is 29.7 Å². The van der Waals surface area contributed by atoms with Crippen LogP contribution in [-0.4, -0.2) is 66.2 Å². The highest BCUT2D eigenvalue weighted by atomic mass is 32.2. The average Bonchev–Trinajstić information content (AvgIpc) is 3.56. The molecule has 1 aromatic carbocycles. The summed E-state index contributed by atoms with van der Waals surface area (Å²) < 4.78 is 30.2. The number of azide groups is 1. The zero-order chi connectivity index (χ0) is 25.7. The Morgan fingerprint density at radius 2 is 2.16 bits per heavy atom. The van der Waals surface area contributed by atoms with Crippen molar-refractivity contribution in [1.29, 1.82) is 0 Å². The van der Waals surface area contributed by atoms with Gasteiger partial charge in [-0.25, -0.2) is 9.38 Å². The Morgan fingerprint density at radius 3 is 2.95 bits per heavy atom. The fourth-order valence-electron chi connectivity index (χ4n) is 4.37. The number of ether oxygens (including phenoxy) is 1. The molecule has 17 heteroatoms. The molecular weight excluding hydrogens is 527 g/mol. The lowest BCUT2D eigenvalue weighted by atomic mass is 10.1. The molecule has 3 aromatic heterocycles. The molecule has 2 aliphatic heterocycles. The smallest absolute Gasteiger partial charge is 0.287 e. The fourth-order valence-corrected chi connectivity index (χ4v) is 6.16. The van der Waals surface area contributed by atoms with Crippen LogP contribution in [0.25, 0.3) is 38.6 Å². The van der Waals surface area contributed by atoms with Gasteiger partial charge in [0.15, 0.2) is 22.5 Å². The Labute approximate surface area is 211 Å². The molecule has 4 aromatic rings. The third-order valence-corrected chi connectivity index (χ3v) is 7.90. The first-order chi connectivity index (χ1) is 17.9. The van der Waals surface area contributed by atoms with Crippen LogP contribution >= 0.6 is 19.6 Å². The van der Waals surface area contributed by atoms with E-state index < -0.39 is 37.9 Å². The second-order valence-corrected chi connectivity index (χ2v) is 10.7. The average molecular weight is 545 g/mol. The van der Waals surface area contributed by atoms with Crippen LogP contribution in [0.5, 0.6) is 0 Å². The number of aromatic amines is 1. The minimum Gasteiger partial charge on any atom is -0.756 e. The molecule has 2 N–H and O–H groups in total. The number of phosphoric ester groups is 1. The van der Waals surface area contributed by atoms with Crippen LogP contribution in [0, 0.1) is 0 Å². The number of H-pyrrole nitrogens is 1. The number of rotatable bonds is 6. The number of fused-ring (bicyclic) bond motifs is 3. The lowest BCUT2D eigenvalue weighted by Gasteiger charge is -2.34. The standard InChI is InChI=1S/C20H19N8O7PS/c21-26-22-6-7-37-20-24-13-16(28(20)18-14(29)15-12(34-18)9-33-36(31,32)35-15)25-19-23-11(8-27(19)17(13)30)10-4-2-1-3-5-10/h1-5,8,12,14-15,18,29H,6-7,9H2,(H,23,25)(H,31,32)/p-1/t12?,14?,15-,18-/m1/s1. The maximum atomic E-state index is 13.4. The third-order valence-electron chi connectivity index (χ3n) is 6.00. The van der Waals surface area contributed by atoms with Crippen LogP contribution in [0.4, 0.5) is 0 Å². The van der Waals surface area contributed by atoms with Gasteiger partial charge in [0.05, 0.1) is 12.3 Å². The zero-order valence-electron chi connectivity index (χ0n) is 18.8. The molecule has 2 saturated heterocycles. The Bertz CT molecular complexity index is 1650.